The van der Waals surface area contributed by atoms with Gasteiger partial charge in [0.25, 0.3) is 0 Å². The van der Waals surface area contributed by atoms with E-state index in [4.69, 9.17) is 5.73 Å². The maximum Gasteiger partial charge on any atom is 0.123 e. The third-order valence-corrected chi connectivity index (χ3v) is 1.71. The zero-order valence-electron chi connectivity index (χ0n) is 6.87. The molecule has 1 aromatic carbocycles. The van der Waals surface area contributed by atoms with Gasteiger partial charge in [-0.15, -0.1) is 0 Å². The van der Waals surface area contributed by atoms with Crippen molar-refractivity contribution in [1.29, 1.82) is 0 Å². The smallest absolute Gasteiger partial charge is 0.123 e. The van der Waals surface area contributed by atoms with Gasteiger partial charge in [-0.25, -0.2) is 4.39 Å². The highest BCUT2D eigenvalue weighted by Gasteiger charge is 2.11. The molecule has 0 aromatic heterocycles. The van der Waals surface area contributed by atoms with Crippen molar-refractivity contribution in [2.24, 2.45) is 5.73 Å². The summed E-state index contributed by atoms with van der Waals surface area (Å²) in [6.45, 7) is 1.70. The first kappa shape index (κ1) is 9.16. The predicted octanol–water partition coefficient (Wildman–Crippen LogP) is 1.21. The van der Waals surface area contributed by atoms with E-state index in [2.05, 4.69) is 0 Å². The Morgan fingerprint density at radius 2 is 1.83 bits per heavy atom. The van der Waals surface area contributed by atoms with Gasteiger partial charge in [0.05, 0.1) is 6.10 Å². The zero-order valence-corrected chi connectivity index (χ0v) is 6.87. The van der Waals surface area contributed by atoms with Crippen molar-refractivity contribution >= 4 is 0 Å². The van der Waals surface area contributed by atoms with Gasteiger partial charge in [0, 0.05) is 6.04 Å². The van der Waals surface area contributed by atoms with Crippen molar-refractivity contribution in [1.82, 2.24) is 0 Å². The molecular formula is C9H12FNO. The van der Waals surface area contributed by atoms with Crippen LogP contribution >= 0.6 is 0 Å². The largest absolute Gasteiger partial charge is 0.387 e. The second-order valence-corrected chi connectivity index (χ2v) is 2.86. The molecule has 0 amide bonds. The minimum atomic E-state index is -0.717. The van der Waals surface area contributed by atoms with Crippen LogP contribution in [0.1, 0.15) is 18.6 Å². The van der Waals surface area contributed by atoms with Crippen LogP contribution < -0.4 is 5.73 Å². The molecule has 0 saturated heterocycles. The lowest BCUT2D eigenvalue weighted by molar-refractivity contribution is 0.153. The highest BCUT2D eigenvalue weighted by Crippen LogP contribution is 2.15. The van der Waals surface area contributed by atoms with Crippen LogP contribution in [0.4, 0.5) is 4.39 Å². The summed E-state index contributed by atoms with van der Waals surface area (Å²) in [6.07, 6.45) is -0.717. The first-order valence-electron chi connectivity index (χ1n) is 3.80. The molecule has 0 aliphatic rings. The molecular weight excluding hydrogens is 157 g/mol. The lowest BCUT2D eigenvalue weighted by Crippen LogP contribution is -2.24. The van der Waals surface area contributed by atoms with Gasteiger partial charge in [0.1, 0.15) is 5.82 Å². The lowest BCUT2D eigenvalue weighted by atomic mass is 10.0. The second-order valence-electron chi connectivity index (χ2n) is 2.86. The van der Waals surface area contributed by atoms with E-state index in [0.29, 0.717) is 5.56 Å². The molecule has 3 N–H and O–H groups in total. The summed E-state index contributed by atoms with van der Waals surface area (Å²) < 4.78 is 12.4. The van der Waals surface area contributed by atoms with Crippen LogP contribution in [0.2, 0.25) is 0 Å². The maximum absolute atomic E-state index is 12.4. The summed E-state index contributed by atoms with van der Waals surface area (Å²) in [5.41, 5.74) is 6.11. The Bertz CT molecular complexity index is 245. The quantitative estimate of drug-likeness (QED) is 0.699. The topological polar surface area (TPSA) is 46.2 Å². The monoisotopic (exact) mass is 169 g/mol. The summed E-state index contributed by atoms with van der Waals surface area (Å²) in [4.78, 5) is 0. The SMILES string of the molecule is C[C@@H](N)[C@H](O)c1ccc(F)cc1. The molecule has 0 radical (unpaired) electrons. The number of aliphatic hydroxyl groups excluding tert-OH is 1. The molecule has 3 heteroatoms. The van der Waals surface area contributed by atoms with Gasteiger partial charge in [0.15, 0.2) is 0 Å². The van der Waals surface area contributed by atoms with E-state index in [-0.39, 0.29) is 11.9 Å². The van der Waals surface area contributed by atoms with Gasteiger partial charge in [-0.3, -0.25) is 0 Å². The summed E-state index contributed by atoms with van der Waals surface area (Å²) in [7, 11) is 0. The van der Waals surface area contributed by atoms with Crippen LogP contribution in [0, 0.1) is 5.82 Å². The molecule has 0 saturated carbocycles. The van der Waals surface area contributed by atoms with E-state index in [9.17, 15) is 9.50 Å². The molecule has 1 aromatic rings. The molecule has 0 unspecified atom stereocenters. The average Bonchev–Trinajstić information content (AvgIpc) is 2.04. The molecule has 1 rings (SSSR count). The van der Waals surface area contributed by atoms with E-state index < -0.39 is 6.10 Å². The first-order valence-corrected chi connectivity index (χ1v) is 3.80. The van der Waals surface area contributed by atoms with Crippen molar-refractivity contribution in [3.05, 3.63) is 35.6 Å². The Balaban J connectivity index is 2.82. The van der Waals surface area contributed by atoms with E-state index in [1.54, 1.807) is 6.92 Å². The fraction of sp³-hybridized carbons (Fsp3) is 0.333. The molecule has 0 heterocycles. The number of halogens is 1. The van der Waals surface area contributed by atoms with Crippen molar-refractivity contribution in [3.8, 4) is 0 Å². The number of hydrogen-bond donors (Lipinski definition) is 2. The number of hydrogen-bond acceptors (Lipinski definition) is 2. The summed E-state index contributed by atoms with van der Waals surface area (Å²) in [5.74, 6) is -0.310. The number of aliphatic hydroxyl groups is 1. The van der Waals surface area contributed by atoms with Crippen molar-refractivity contribution in [3.63, 3.8) is 0 Å². The fourth-order valence-electron chi connectivity index (χ4n) is 0.964. The van der Waals surface area contributed by atoms with Crippen molar-refractivity contribution < 1.29 is 9.50 Å². The van der Waals surface area contributed by atoms with Crippen LogP contribution in [0.5, 0.6) is 0 Å². The Morgan fingerprint density at radius 1 is 1.33 bits per heavy atom. The van der Waals surface area contributed by atoms with Gasteiger partial charge in [-0.1, -0.05) is 12.1 Å². The molecule has 2 nitrogen and oxygen atoms in total. The predicted molar refractivity (Wildman–Crippen MR) is 45.0 cm³/mol. The van der Waals surface area contributed by atoms with Crippen LogP contribution in [0.15, 0.2) is 24.3 Å². The Morgan fingerprint density at radius 3 is 2.25 bits per heavy atom. The lowest BCUT2D eigenvalue weighted by Gasteiger charge is -2.14. The normalized spacial score (nSPS) is 15.7. The number of nitrogens with two attached hydrogens (primary N) is 1. The van der Waals surface area contributed by atoms with Crippen LogP contribution in [0.25, 0.3) is 0 Å². The molecule has 12 heavy (non-hydrogen) atoms. The van der Waals surface area contributed by atoms with E-state index in [1.165, 1.54) is 24.3 Å². The minimum absolute atomic E-state index is 0.310. The summed E-state index contributed by atoms with van der Waals surface area (Å²) in [6, 6.07) is 5.34. The number of benzene rings is 1. The molecule has 0 bridgehead atoms. The summed E-state index contributed by atoms with van der Waals surface area (Å²) >= 11 is 0. The van der Waals surface area contributed by atoms with Crippen LogP contribution in [-0.2, 0) is 0 Å². The fourth-order valence-corrected chi connectivity index (χ4v) is 0.964. The van der Waals surface area contributed by atoms with E-state index >= 15 is 0 Å². The molecule has 66 valence electrons. The highest BCUT2D eigenvalue weighted by atomic mass is 19.1. The Hall–Kier alpha value is -0.930. The summed E-state index contributed by atoms with van der Waals surface area (Å²) in [5, 5.41) is 9.44. The minimum Gasteiger partial charge on any atom is -0.387 e. The van der Waals surface area contributed by atoms with E-state index in [0.717, 1.165) is 0 Å². The standard InChI is InChI=1S/C9H12FNO/c1-6(11)9(12)7-2-4-8(10)5-3-7/h2-6,9,12H,11H2,1H3/t6-,9+/m1/s1. The van der Waals surface area contributed by atoms with Crippen LogP contribution in [-0.4, -0.2) is 11.1 Å². The van der Waals surface area contributed by atoms with Gasteiger partial charge in [0.2, 0.25) is 0 Å². The Kier molecular flexibility index (Phi) is 2.78. The molecule has 0 aliphatic carbocycles. The molecule has 0 fully saturated rings. The molecule has 0 spiro atoms. The van der Waals surface area contributed by atoms with Gasteiger partial charge in [-0.2, -0.15) is 0 Å². The zero-order chi connectivity index (χ0) is 9.14. The Labute approximate surface area is 70.8 Å². The molecule has 2 atom stereocenters. The highest BCUT2D eigenvalue weighted by molar-refractivity contribution is 5.19. The average molecular weight is 169 g/mol. The third-order valence-electron chi connectivity index (χ3n) is 1.71. The molecule has 0 aliphatic heterocycles. The van der Waals surface area contributed by atoms with E-state index in [1.807, 2.05) is 0 Å². The first-order chi connectivity index (χ1) is 5.61. The third kappa shape index (κ3) is 2.03. The van der Waals surface area contributed by atoms with Crippen molar-refractivity contribution in [2.75, 3.05) is 0 Å². The van der Waals surface area contributed by atoms with Gasteiger partial charge >= 0.3 is 0 Å². The van der Waals surface area contributed by atoms with Crippen LogP contribution in [0.3, 0.4) is 0 Å². The van der Waals surface area contributed by atoms with Gasteiger partial charge < -0.3 is 10.8 Å². The maximum atomic E-state index is 12.4. The number of rotatable bonds is 2. The second kappa shape index (κ2) is 3.65. The van der Waals surface area contributed by atoms with Gasteiger partial charge in [-0.05, 0) is 24.6 Å². The van der Waals surface area contributed by atoms with Crippen molar-refractivity contribution in [2.45, 2.75) is 19.1 Å².